The van der Waals surface area contributed by atoms with Crippen LogP contribution in [0.5, 0.6) is 0 Å². The van der Waals surface area contributed by atoms with Crippen LogP contribution in [0.25, 0.3) is 6.08 Å². The third-order valence-electron chi connectivity index (χ3n) is 3.50. The highest BCUT2D eigenvalue weighted by molar-refractivity contribution is 7.12. The van der Waals surface area contributed by atoms with Gasteiger partial charge in [-0.05, 0) is 31.4 Å². The van der Waals surface area contributed by atoms with Gasteiger partial charge in [-0.3, -0.25) is 4.79 Å². The summed E-state index contributed by atoms with van der Waals surface area (Å²) < 4.78 is 0. The van der Waals surface area contributed by atoms with Crippen LogP contribution < -0.4 is 0 Å². The molecule has 21 heavy (non-hydrogen) atoms. The van der Waals surface area contributed by atoms with Crippen molar-refractivity contribution in [3.8, 4) is 0 Å². The number of nitrogens with zero attached hydrogens (tertiary/aromatic N) is 2. The molecule has 0 bridgehead atoms. The molecule has 1 heterocycles. The van der Waals surface area contributed by atoms with Crippen molar-refractivity contribution in [1.82, 2.24) is 9.88 Å². The van der Waals surface area contributed by atoms with Crippen LogP contribution in [0.2, 0.25) is 0 Å². The van der Waals surface area contributed by atoms with Crippen molar-refractivity contribution < 1.29 is 4.79 Å². The van der Waals surface area contributed by atoms with Crippen LogP contribution in [0.3, 0.4) is 0 Å². The molecule has 0 saturated heterocycles. The van der Waals surface area contributed by atoms with Crippen LogP contribution in [-0.4, -0.2) is 21.8 Å². The summed E-state index contributed by atoms with van der Waals surface area (Å²) in [7, 11) is 0. The fourth-order valence-corrected chi connectivity index (χ4v) is 2.95. The molecule has 0 atom stereocenters. The minimum Gasteiger partial charge on any atom is -0.332 e. The second kappa shape index (κ2) is 6.22. The van der Waals surface area contributed by atoms with Gasteiger partial charge in [-0.1, -0.05) is 30.3 Å². The van der Waals surface area contributed by atoms with E-state index in [0.29, 0.717) is 12.6 Å². The Labute approximate surface area is 128 Å². The number of benzene rings is 1. The van der Waals surface area contributed by atoms with Gasteiger partial charge >= 0.3 is 0 Å². The number of rotatable bonds is 5. The molecule has 1 aromatic carbocycles. The normalized spacial score (nSPS) is 14.5. The van der Waals surface area contributed by atoms with Crippen molar-refractivity contribution in [2.45, 2.75) is 32.4 Å². The summed E-state index contributed by atoms with van der Waals surface area (Å²) in [4.78, 5) is 19.6. The first kappa shape index (κ1) is 14.0. The van der Waals surface area contributed by atoms with Crippen LogP contribution >= 0.6 is 11.3 Å². The van der Waals surface area contributed by atoms with Crippen LogP contribution in [0.4, 0.5) is 0 Å². The van der Waals surface area contributed by atoms with Gasteiger partial charge in [-0.25, -0.2) is 4.98 Å². The highest BCUT2D eigenvalue weighted by Gasteiger charge is 2.31. The second-order valence-electron chi connectivity index (χ2n) is 5.30. The Hall–Kier alpha value is -1.94. The zero-order chi connectivity index (χ0) is 14.7. The minimum atomic E-state index is 0.0902. The first-order valence-electron chi connectivity index (χ1n) is 7.17. The summed E-state index contributed by atoms with van der Waals surface area (Å²) in [6, 6.07) is 10.6. The zero-order valence-corrected chi connectivity index (χ0v) is 12.8. The largest absolute Gasteiger partial charge is 0.332 e. The molecule has 1 fully saturated rings. The maximum Gasteiger partial charge on any atom is 0.247 e. The lowest BCUT2D eigenvalue weighted by Gasteiger charge is -2.20. The van der Waals surface area contributed by atoms with E-state index in [9.17, 15) is 4.79 Å². The summed E-state index contributed by atoms with van der Waals surface area (Å²) in [5.41, 5.74) is 1.18. The van der Waals surface area contributed by atoms with Crippen molar-refractivity contribution in [3.63, 3.8) is 0 Å². The molecule has 1 aromatic heterocycles. The lowest BCUT2D eigenvalue weighted by atomic mass is 10.2. The van der Waals surface area contributed by atoms with Crippen molar-refractivity contribution in [1.29, 1.82) is 0 Å². The molecule has 0 N–H and O–H groups in total. The molecule has 0 unspecified atom stereocenters. The lowest BCUT2D eigenvalue weighted by Crippen LogP contribution is -2.31. The lowest BCUT2D eigenvalue weighted by molar-refractivity contribution is -0.127. The van der Waals surface area contributed by atoms with E-state index >= 15 is 0 Å². The number of aromatic nitrogens is 1. The van der Waals surface area contributed by atoms with E-state index in [1.54, 1.807) is 17.4 Å². The Bertz CT molecular complexity index is 644. The van der Waals surface area contributed by atoms with E-state index in [2.05, 4.69) is 17.1 Å². The number of hydrogen-bond donors (Lipinski definition) is 0. The van der Waals surface area contributed by atoms with E-state index in [1.165, 1.54) is 5.56 Å². The Kier molecular flexibility index (Phi) is 4.15. The SMILES string of the molecule is Cc1ncc(C=CC(=O)N(Cc2ccccc2)C2CC2)s1. The topological polar surface area (TPSA) is 33.2 Å². The number of hydrogen-bond acceptors (Lipinski definition) is 3. The third-order valence-corrected chi connectivity index (χ3v) is 4.37. The molecule has 0 aliphatic heterocycles. The summed E-state index contributed by atoms with van der Waals surface area (Å²) in [5.74, 6) is 0.0902. The van der Waals surface area contributed by atoms with Crippen molar-refractivity contribution >= 4 is 23.3 Å². The first-order chi connectivity index (χ1) is 10.2. The zero-order valence-electron chi connectivity index (χ0n) is 12.0. The van der Waals surface area contributed by atoms with Crippen LogP contribution in [0.1, 0.15) is 28.3 Å². The minimum absolute atomic E-state index is 0.0902. The molecule has 4 heteroatoms. The molecular formula is C17H18N2OS. The number of carbonyl (C=O) groups is 1. The van der Waals surface area contributed by atoms with Crippen LogP contribution in [-0.2, 0) is 11.3 Å². The number of aryl methyl sites for hydroxylation is 1. The quantitative estimate of drug-likeness (QED) is 0.789. The summed E-state index contributed by atoms with van der Waals surface area (Å²) >= 11 is 1.60. The fourth-order valence-electron chi connectivity index (χ4n) is 2.26. The van der Waals surface area contributed by atoms with E-state index < -0.39 is 0 Å². The predicted molar refractivity (Wildman–Crippen MR) is 85.9 cm³/mol. The Morgan fingerprint density at radius 2 is 2.14 bits per heavy atom. The van der Waals surface area contributed by atoms with Crippen molar-refractivity contribution in [3.05, 3.63) is 58.1 Å². The van der Waals surface area contributed by atoms with Crippen molar-refractivity contribution in [2.75, 3.05) is 0 Å². The number of carbonyl (C=O) groups excluding carboxylic acids is 1. The number of amides is 1. The van der Waals surface area contributed by atoms with Gasteiger partial charge in [0.05, 0.1) is 5.01 Å². The van der Waals surface area contributed by atoms with E-state index in [4.69, 9.17) is 0 Å². The maximum absolute atomic E-state index is 12.4. The van der Waals surface area contributed by atoms with Gasteiger partial charge in [0, 0.05) is 29.7 Å². The average molecular weight is 298 g/mol. The van der Waals surface area contributed by atoms with Crippen molar-refractivity contribution in [2.24, 2.45) is 0 Å². The Balaban J connectivity index is 1.69. The highest BCUT2D eigenvalue weighted by atomic mass is 32.1. The summed E-state index contributed by atoms with van der Waals surface area (Å²) in [6.45, 7) is 2.66. The molecule has 3 nitrogen and oxygen atoms in total. The van der Waals surface area contributed by atoms with E-state index in [-0.39, 0.29) is 5.91 Å². The first-order valence-corrected chi connectivity index (χ1v) is 7.99. The molecule has 3 rings (SSSR count). The van der Waals surface area contributed by atoms with Gasteiger partial charge in [0.25, 0.3) is 0 Å². The molecule has 0 spiro atoms. The summed E-state index contributed by atoms with van der Waals surface area (Å²) in [5, 5.41) is 1.02. The molecule has 0 radical (unpaired) electrons. The number of thiazole rings is 1. The Morgan fingerprint density at radius 1 is 1.38 bits per heavy atom. The second-order valence-corrected chi connectivity index (χ2v) is 6.56. The van der Waals surface area contributed by atoms with E-state index in [1.807, 2.05) is 42.3 Å². The molecule has 1 aliphatic carbocycles. The third kappa shape index (κ3) is 3.79. The van der Waals surface area contributed by atoms with E-state index in [0.717, 1.165) is 22.7 Å². The molecule has 1 aliphatic rings. The maximum atomic E-state index is 12.4. The monoisotopic (exact) mass is 298 g/mol. The fraction of sp³-hybridized carbons (Fsp3) is 0.294. The Morgan fingerprint density at radius 3 is 2.76 bits per heavy atom. The average Bonchev–Trinajstić information content (AvgIpc) is 3.25. The van der Waals surface area contributed by atoms with Gasteiger partial charge in [0.1, 0.15) is 0 Å². The highest BCUT2D eigenvalue weighted by Crippen LogP contribution is 2.28. The van der Waals surface area contributed by atoms with Gasteiger partial charge in [0.15, 0.2) is 0 Å². The predicted octanol–water partition coefficient (Wildman–Crippen LogP) is 3.66. The molecule has 2 aromatic rings. The van der Waals surface area contributed by atoms with Gasteiger partial charge in [-0.15, -0.1) is 11.3 Å². The smallest absolute Gasteiger partial charge is 0.247 e. The van der Waals surface area contributed by atoms with Crippen LogP contribution in [0.15, 0.2) is 42.6 Å². The van der Waals surface area contributed by atoms with Gasteiger partial charge in [-0.2, -0.15) is 0 Å². The molecule has 1 saturated carbocycles. The molecular weight excluding hydrogens is 280 g/mol. The standard InChI is InChI=1S/C17H18N2OS/c1-13-18-11-16(21-13)9-10-17(20)19(15-7-8-15)12-14-5-3-2-4-6-14/h2-6,9-11,15H,7-8,12H2,1H3. The molecule has 1 amide bonds. The van der Waals surface area contributed by atoms with Gasteiger partial charge in [0.2, 0.25) is 5.91 Å². The van der Waals surface area contributed by atoms with Crippen LogP contribution in [0, 0.1) is 6.92 Å². The summed E-state index contributed by atoms with van der Waals surface area (Å²) in [6.07, 6.45) is 7.59. The molecule has 108 valence electrons. The van der Waals surface area contributed by atoms with Gasteiger partial charge < -0.3 is 4.90 Å².